The molecule has 2 amide bonds. The number of halogens is 1. The Bertz CT molecular complexity index is 1080. The number of carbonyl (C=O) groups excluding carboxylic acids is 3. The maximum atomic E-state index is 12.6. The first-order valence-corrected chi connectivity index (χ1v) is 9.90. The van der Waals surface area contributed by atoms with E-state index in [1.807, 2.05) is 0 Å². The van der Waals surface area contributed by atoms with E-state index in [0.29, 0.717) is 23.1 Å². The Morgan fingerprint density at radius 1 is 1.37 bits per heavy atom. The molecule has 0 spiro atoms. The molecule has 1 aromatic heterocycles. The van der Waals surface area contributed by atoms with Gasteiger partial charge in [-0.25, -0.2) is 4.79 Å². The summed E-state index contributed by atoms with van der Waals surface area (Å²) in [5.41, 5.74) is 0.283. The lowest BCUT2D eigenvalue weighted by molar-refractivity contribution is -0.384. The fraction of sp³-hybridized carbons (Fsp3) is 0.211. The van der Waals surface area contributed by atoms with Crippen LogP contribution in [0.2, 0.25) is 5.02 Å². The largest absolute Gasteiger partial charge is 0.464 e. The minimum Gasteiger partial charge on any atom is -0.464 e. The van der Waals surface area contributed by atoms with Gasteiger partial charge in [-0.15, -0.1) is 0 Å². The number of nitro groups is 1. The molecule has 0 bridgehead atoms. The van der Waals surface area contributed by atoms with E-state index < -0.39 is 28.1 Å². The number of thioether (sulfide) groups is 1. The molecule has 30 heavy (non-hydrogen) atoms. The van der Waals surface area contributed by atoms with Crippen LogP contribution in [0.5, 0.6) is 0 Å². The second-order valence-corrected chi connectivity index (χ2v) is 7.50. The van der Waals surface area contributed by atoms with Gasteiger partial charge in [-0.05, 0) is 43.8 Å². The molecule has 1 aliphatic rings. The number of hydrogen-bond acceptors (Lipinski definition) is 8. The van der Waals surface area contributed by atoms with E-state index in [1.165, 1.54) is 31.2 Å². The summed E-state index contributed by atoms with van der Waals surface area (Å²) in [5, 5.41) is 10.4. The molecule has 2 heterocycles. The number of ether oxygens (including phenoxy) is 1. The topological polar surface area (TPSA) is 120 Å². The lowest BCUT2D eigenvalue weighted by Gasteiger charge is -2.19. The Kier molecular flexibility index (Phi) is 6.28. The minimum atomic E-state index is -1.05. The van der Waals surface area contributed by atoms with Crippen LogP contribution < -0.4 is 0 Å². The monoisotopic (exact) mass is 450 g/mol. The molecule has 11 heteroatoms. The minimum absolute atomic E-state index is 0.0897. The standard InChI is InChI=1S/C19H15ClN2O7S/c1-3-28-18(24)10(2)21-17(23)16(30-19(21)25)9-12-5-7-15(29-12)13-6-4-11(22(26)27)8-14(13)20/h4-10H,3H2,1-2H3/b16-9+/t10-/m0/s1. The van der Waals surface area contributed by atoms with Crippen LogP contribution in [0.25, 0.3) is 17.4 Å². The van der Waals surface area contributed by atoms with Crippen molar-refractivity contribution in [2.24, 2.45) is 0 Å². The van der Waals surface area contributed by atoms with Gasteiger partial charge < -0.3 is 9.15 Å². The summed E-state index contributed by atoms with van der Waals surface area (Å²) in [5.74, 6) is -0.694. The maximum absolute atomic E-state index is 12.6. The Hall–Kier alpha value is -3.11. The highest BCUT2D eigenvalue weighted by Crippen LogP contribution is 2.36. The van der Waals surface area contributed by atoms with E-state index in [2.05, 4.69) is 0 Å². The van der Waals surface area contributed by atoms with Gasteiger partial charge in [0, 0.05) is 23.8 Å². The Labute approximate surface area is 179 Å². The number of hydrogen-bond donors (Lipinski definition) is 0. The Balaban J connectivity index is 1.83. The first-order valence-electron chi connectivity index (χ1n) is 8.70. The molecular formula is C19H15ClN2O7S. The fourth-order valence-electron chi connectivity index (χ4n) is 2.70. The Morgan fingerprint density at radius 2 is 2.10 bits per heavy atom. The van der Waals surface area contributed by atoms with Crippen LogP contribution in [0, 0.1) is 10.1 Å². The van der Waals surface area contributed by atoms with Crippen LogP contribution in [0.1, 0.15) is 19.6 Å². The van der Waals surface area contributed by atoms with Crippen molar-refractivity contribution in [2.45, 2.75) is 19.9 Å². The average molecular weight is 451 g/mol. The summed E-state index contributed by atoms with van der Waals surface area (Å²) in [6.07, 6.45) is 1.38. The zero-order valence-corrected chi connectivity index (χ0v) is 17.4. The highest BCUT2D eigenvalue weighted by Gasteiger charge is 2.41. The number of benzene rings is 1. The number of rotatable bonds is 6. The molecule has 0 aliphatic carbocycles. The first-order chi connectivity index (χ1) is 14.2. The van der Waals surface area contributed by atoms with Crippen molar-refractivity contribution in [3.8, 4) is 11.3 Å². The number of nitro benzene ring substituents is 1. The predicted molar refractivity (Wildman–Crippen MR) is 110 cm³/mol. The molecule has 1 fully saturated rings. The van der Waals surface area contributed by atoms with Gasteiger partial charge in [0.1, 0.15) is 17.6 Å². The van der Waals surface area contributed by atoms with Crippen LogP contribution in [0.4, 0.5) is 10.5 Å². The Morgan fingerprint density at radius 3 is 2.73 bits per heavy atom. The third-order valence-electron chi connectivity index (χ3n) is 4.17. The molecular weight excluding hydrogens is 436 g/mol. The summed E-state index contributed by atoms with van der Waals surface area (Å²) < 4.78 is 10.5. The highest BCUT2D eigenvalue weighted by molar-refractivity contribution is 8.18. The summed E-state index contributed by atoms with van der Waals surface area (Å²) in [4.78, 5) is 47.9. The third-order valence-corrected chi connectivity index (χ3v) is 5.36. The van der Waals surface area contributed by atoms with Gasteiger partial charge in [-0.3, -0.25) is 24.6 Å². The number of nitrogens with zero attached hydrogens (tertiary/aromatic N) is 2. The molecule has 2 aromatic rings. The number of esters is 1. The van der Waals surface area contributed by atoms with Crippen LogP contribution in [0.15, 0.2) is 39.7 Å². The van der Waals surface area contributed by atoms with Crippen LogP contribution in [0.3, 0.4) is 0 Å². The van der Waals surface area contributed by atoms with Crippen molar-refractivity contribution in [1.29, 1.82) is 0 Å². The van der Waals surface area contributed by atoms with Crippen molar-refractivity contribution in [3.05, 3.63) is 56.1 Å². The number of imide groups is 1. The smallest absolute Gasteiger partial charge is 0.329 e. The fourth-order valence-corrected chi connectivity index (χ4v) is 3.86. The molecule has 0 radical (unpaired) electrons. The van der Waals surface area contributed by atoms with Gasteiger partial charge in [0.15, 0.2) is 0 Å². The number of furan rings is 1. The molecule has 1 atom stereocenters. The second-order valence-electron chi connectivity index (χ2n) is 6.10. The van der Waals surface area contributed by atoms with Crippen molar-refractivity contribution < 1.29 is 28.5 Å². The first kappa shape index (κ1) is 21.6. The van der Waals surface area contributed by atoms with Gasteiger partial charge >= 0.3 is 5.97 Å². The van der Waals surface area contributed by atoms with Crippen molar-refractivity contribution >= 4 is 52.2 Å². The number of amides is 2. The van der Waals surface area contributed by atoms with E-state index in [-0.39, 0.29) is 28.0 Å². The average Bonchev–Trinajstić information content (AvgIpc) is 3.26. The molecule has 156 valence electrons. The molecule has 0 unspecified atom stereocenters. The normalized spacial score (nSPS) is 16.2. The van der Waals surface area contributed by atoms with E-state index in [4.69, 9.17) is 20.8 Å². The van der Waals surface area contributed by atoms with Crippen molar-refractivity contribution in [2.75, 3.05) is 6.61 Å². The van der Waals surface area contributed by atoms with E-state index >= 15 is 0 Å². The highest BCUT2D eigenvalue weighted by atomic mass is 35.5. The third kappa shape index (κ3) is 4.24. The lowest BCUT2D eigenvalue weighted by atomic mass is 10.1. The molecule has 0 saturated carbocycles. The maximum Gasteiger partial charge on any atom is 0.329 e. The van der Waals surface area contributed by atoms with Gasteiger partial charge in [0.05, 0.1) is 21.5 Å². The molecule has 9 nitrogen and oxygen atoms in total. The lowest BCUT2D eigenvalue weighted by Crippen LogP contribution is -2.42. The van der Waals surface area contributed by atoms with Crippen molar-refractivity contribution in [3.63, 3.8) is 0 Å². The van der Waals surface area contributed by atoms with Crippen LogP contribution in [-0.4, -0.2) is 39.6 Å². The summed E-state index contributed by atoms with van der Waals surface area (Å²) in [6, 6.07) is 6.07. The molecule has 3 rings (SSSR count). The summed E-state index contributed by atoms with van der Waals surface area (Å²) in [7, 11) is 0. The predicted octanol–water partition coefficient (Wildman–Crippen LogP) is 4.50. The van der Waals surface area contributed by atoms with Gasteiger partial charge in [0.25, 0.3) is 16.8 Å². The summed E-state index contributed by atoms with van der Waals surface area (Å²) in [6.45, 7) is 3.18. The van der Waals surface area contributed by atoms with Crippen LogP contribution in [-0.2, 0) is 14.3 Å². The van der Waals surface area contributed by atoms with Crippen LogP contribution >= 0.6 is 23.4 Å². The van der Waals surface area contributed by atoms with E-state index in [1.54, 1.807) is 19.1 Å². The quantitative estimate of drug-likeness (QED) is 0.273. The number of carbonyl (C=O) groups is 3. The van der Waals surface area contributed by atoms with Gasteiger partial charge in [-0.1, -0.05) is 11.6 Å². The van der Waals surface area contributed by atoms with E-state index in [0.717, 1.165) is 4.90 Å². The number of non-ortho nitro benzene ring substituents is 1. The summed E-state index contributed by atoms with van der Waals surface area (Å²) >= 11 is 6.79. The van der Waals surface area contributed by atoms with Gasteiger partial charge in [0.2, 0.25) is 0 Å². The molecule has 1 saturated heterocycles. The zero-order chi connectivity index (χ0) is 22.0. The molecule has 0 N–H and O–H groups in total. The molecule has 1 aliphatic heterocycles. The SMILES string of the molecule is CCOC(=O)[C@H](C)N1C(=O)S/C(=C/c2ccc(-c3ccc([N+](=O)[O-])cc3Cl)o2)C1=O. The second kappa shape index (κ2) is 8.72. The van der Waals surface area contributed by atoms with Crippen molar-refractivity contribution in [1.82, 2.24) is 4.90 Å². The van der Waals surface area contributed by atoms with E-state index in [9.17, 15) is 24.5 Å². The zero-order valence-electron chi connectivity index (χ0n) is 15.8. The van der Waals surface area contributed by atoms with Gasteiger partial charge in [-0.2, -0.15) is 0 Å². The molecule has 1 aromatic carbocycles.